The van der Waals surface area contributed by atoms with Gasteiger partial charge in [0.1, 0.15) is 0 Å². The molecule has 0 aliphatic heterocycles. The van der Waals surface area contributed by atoms with E-state index >= 15 is 0 Å². The Balaban J connectivity index is 3.70. The maximum Gasteiger partial charge on any atom is 0.305 e. The second-order valence-electron chi connectivity index (χ2n) is 2.37. The molecule has 0 aliphatic carbocycles. The lowest BCUT2D eigenvalue weighted by molar-refractivity contribution is -0.140. The third-order valence-electron chi connectivity index (χ3n) is 1.38. The van der Waals surface area contributed by atoms with Crippen LogP contribution < -0.4 is 0 Å². The van der Waals surface area contributed by atoms with Crippen LogP contribution in [0.1, 0.15) is 26.2 Å². The predicted molar refractivity (Wildman–Crippen MR) is 42.5 cm³/mol. The zero-order valence-electron chi connectivity index (χ0n) is 7.12. The van der Waals surface area contributed by atoms with Crippen molar-refractivity contribution in [3.05, 3.63) is 0 Å². The fraction of sp³-hybridized carbons (Fsp3) is 0.750. The van der Waals surface area contributed by atoms with Crippen LogP contribution in [0.2, 0.25) is 0 Å². The Morgan fingerprint density at radius 2 is 2.42 bits per heavy atom. The third kappa shape index (κ3) is 5.69. The minimum Gasteiger partial charge on any atom is -0.481 e. The van der Waals surface area contributed by atoms with E-state index in [9.17, 15) is 4.79 Å². The first-order chi connectivity index (χ1) is 5.70. The Morgan fingerprint density at radius 3 is 2.83 bits per heavy atom. The Morgan fingerprint density at radius 1 is 1.75 bits per heavy atom. The molecule has 12 heavy (non-hydrogen) atoms. The quantitative estimate of drug-likeness (QED) is 0.651. The Labute approximate surface area is 71.8 Å². The lowest BCUT2D eigenvalue weighted by Gasteiger charge is -2.12. The van der Waals surface area contributed by atoms with Gasteiger partial charge in [0.25, 0.3) is 0 Å². The molecule has 0 aromatic heterocycles. The molecule has 68 valence electrons. The van der Waals surface area contributed by atoms with Crippen LogP contribution in [0.4, 0.5) is 0 Å². The van der Waals surface area contributed by atoms with Gasteiger partial charge in [-0.05, 0) is 13.3 Å². The summed E-state index contributed by atoms with van der Waals surface area (Å²) in [6, 6.07) is 1.96. The van der Waals surface area contributed by atoms with Crippen molar-refractivity contribution in [3.63, 3.8) is 0 Å². The van der Waals surface area contributed by atoms with Gasteiger partial charge in [-0.15, -0.1) is 0 Å². The fourth-order valence-corrected chi connectivity index (χ4v) is 0.900. The minimum atomic E-state index is -0.883. The summed E-state index contributed by atoms with van der Waals surface area (Å²) < 4.78 is 5.12. The first kappa shape index (κ1) is 10.9. The molecular weight excluding hydrogens is 158 g/mol. The summed E-state index contributed by atoms with van der Waals surface area (Å²) in [5, 5.41) is 16.7. The first-order valence-corrected chi connectivity index (χ1v) is 3.91. The Bertz CT molecular complexity index is 174. The second-order valence-corrected chi connectivity index (χ2v) is 2.37. The van der Waals surface area contributed by atoms with Crippen molar-refractivity contribution in [2.75, 3.05) is 6.61 Å². The zero-order chi connectivity index (χ0) is 9.40. The third-order valence-corrected chi connectivity index (χ3v) is 1.38. The lowest BCUT2D eigenvalue weighted by atomic mass is 10.1. The van der Waals surface area contributed by atoms with E-state index < -0.39 is 5.97 Å². The Kier molecular flexibility index (Phi) is 6.02. The molecule has 0 fully saturated rings. The van der Waals surface area contributed by atoms with Crippen LogP contribution >= 0.6 is 0 Å². The number of ether oxygens (including phenoxy) is 1. The highest BCUT2D eigenvalue weighted by Gasteiger charge is 2.12. The van der Waals surface area contributed by atoms with E-state index in [0.29, 0.717) is 19.4 Å². The molecule has 0 heterocycles. The van der Waals surface area contributed by atoms with Crippen LogP contribution in [0.25, 0.3) is 0 Å². The van der Waals surface area contributed by atoms with Crippen molar-refractivity contribution in [1.82, 2.24) is 0 Å². The van der Waals surface area contributed by atoms with Crippen molar-refractivity contribution in [2.45, 2.75) is 32.3 Å². The topological polar surface area (TPSA) is 70.3 Å². The molecule has 0 aromatic rings. The van der Waals surface area contributed by atoms with Gasteiger partial charge in [-0.2, -0.15) is 5.26 Å². The monoisotopic (exact) mass is 171 g/mol. The van der Waals surface area contributed by atoms with Gasteiger partial charge in [0.05, 0.1) is 18.6 Å². The minimum absolute atomic E-state index is 0.0183. The maximum atomic E-state index is 10.3. The Hall–Kier alpha value is -1.08. The van der Waals surface area contributed by atoms with Gasteiger partial charge < -0.3 is 9.84 Å². The van der Waals surface area contributed by atoms with Crippen LogP contribution in [0.3, 0.4) is 0 Å². The van der Waals surface area contributed by atoms with Gasteiger partial charge in [-0.25, -0.2) is 0 Å². The summed E-state index contributed by atoms with van der Waals surface area (Å²) >= 11 is 0. The summed E-state index contributed by atoms with van der Waals surface area (Å²) in [6.07, 6.45) is 0.511. The number of hydrogen-bond acceptors (Lipinski definition) is 3. The van der Waals surface area contributed by atoms with Crippen molar-refractivity contribution < 1.29 is 14.6 Å². The standard InChI is InChI=1S/C8H13NO3/c1-2-12-7(4-3-5-9)6-8(10)11/h7H,2-4,6H2,1H3,(H,10,11). The predicted octanol–water partition coefficient (Wildman–Crippen LogP) is 1.17. The number of carbonyl (C=O) groups is 1. The molecule has 0 aromatic carbocycles. The number of carboxylic acids is 1. The highest BCUT2D eigenvalue weighted by atomic mass is 16.5. The van der Waals surface area contributed by atoms with Crippen molar-refractivity contribution in [1.29, 1.82) is 5.26 Å². The molecule has 0 aliphatic rings. The number of rotatable bonds is 6. The molecule has 0 saturated carbocycles. The van der Waals surface area contributed by atoms with Crippen molar-refractivity contribution >= 4 is 5.97 Å². The highest BCUT2D eigenvalue weighted by molar-refractivity contribution is 5.67. The number of carboxylic acid groups (broad SMARTS) is 1. The van der Waals surface area contributed by atoms with Gasteiger partial charge in [-0.3, -0.25) is 4.79 Å². The molecule has 0 spiro atoms. The average molecular weight is 171 g/mol. The van der Waals surface area contributed by atoms with E-state index in [0.717, 1.165) is 0 Å². The molecular formula is C8H13NO3. The largest absolute Gasteiger partial charge is 0.481 e. The van der Waals surface area contributed by atoms with E-state index in [1.54, 1.807) is 6.92 Å². The van der Waals surface area contributed by atoms with Crippen LogP contribution in [-0.4, -0.2) is 23.8 Å². The molecule has 0 rings (SSSR count). The average Bonchev–Trinajstić information content (AvgIpc) is 2.00. The van der Waals surface area contributed by atoms with E-state index in [2.05, 4.69) is 0 Å². The molecule has 4 heteroatoms. The molecule has 1 unspecified atom stereocenters. The summed E-state index contributed by atoms with van der Waals surface area (Å²) in [7, 11) is 0. The molecule has 0 bridgehead atoms. The molecule has 1 N–H and O–H groups in total. The lowest BCUT2D eigenvalue weighted by Crippen LogP contribution is -2.17. The normalized spacial score (nSPS) is 12.0. The van der Waals surface area contributed by atoms with E-state index in [1.165, 1.54) is 0 Å². The number of nitriles is 1. The zero-order valence-corrected chi connectivity index (χ0v) is 7.12. The molecule has 0 saturated heterocycles. The molecule has 4 nitrogen and oxygen atoms in total. The smallest absolute Gasteiger partial charge is 0.305 e. The van der Waals surface area contributed by atoms with Crippen LogP contribution in [-0.2, 0) is 9.53 Å². The van der Waals surface area contributed by atoms with Gasteiger partial charge in [0, 0.05) is 13.0 Å². The van der Waals surface area contributed by atoms with Gasteiger partial charge >= 0.3 is 5.97 Å². The van der Waals surface area contributed by atoms with Crippen LogP contribution in [0.15, 0.2) is 0 Å². The van der Waals surface area contributed by atoms with Gasteiger partial charge in [0.2, 0.25) is 0 Å². The summed E-state index contributed by atoms with van der Waals surface area (Å²) in [5.41, 5.74) is 0. The number of hydrogen-bond donors (Lipinski definition) is 1. The fourth-order valence-electron chi connectivity index (χ4n) is 0.900. The summed E-state index contributed by atoms with van der Waals surface area (Å²) in [6.45, 7) is 2.30. The molecule has 1 atom stereocenters. The summed E-state index contributed by atoms with van der Waals surface area (Å²) in [4.78, 5) is 10.3. The van der Waals surface area contributed by atoms with Gasteiger partial charge in [-0.1, -0.05) is 0 Å². The SMILES string of the molecule is CCOC(CCC#N)CC(=O)O. The summed E-state index contributed by atoms with van der Waals surface area (Å²) in [5.74, 6) is -0.883. The molecule has 0 radical (unpaired) electrons. The van der Waals surface area contributed by atoms with Crippen LogP contribution in [0, 0.1) is 11.3 Å². The van der Waals surface area contributed by atoms with E-state index in [-0.39, 0.29) is 12.5 Å². The van der Waals surface area contributed by atoms with Crippen molar-refractivity contribution in [2.24, 2.45) is 0 Å². The van der Waals surface area contributed by atoms with E-state index in [1.807, 2.05) is 6.07 Å². The van der Waals surface area contributed by atoms with Crippen LogP contribution in [0.5, 0.6) is 0 Å². The first-order valence-electron chi connectivity index (χ1n) is 3.91. The second kappa shape index (κ2) is 6.62. The highest BCUT2D eigenvalue weighted by Crippen LogP contribution is 2.06. The molecule has 0 amide bonds. The van der Waals surface area contributed by atoms with Gasteiger partial charge in [0.15, 0.2) is 0 Å². The van der Waals surface area contributed by atoms with Crippen molar-refractivity contribution in [3.8, 4) is 6.07 Å². The van der Waals surface area contributed by atoms with E-state index in [4.69, 9.17) is 15.1 Å². The number of nitrogens with zero attached hydrogens (tertiary/aromatic N) is 1. The maximum absolute atomic E-state index is 10.3. The number of aliphatic carboxylic acids is 1.